The van der Waals surface area contributed by atoms with Crippen molar-refractivity contribution in [3.8, 4) is 11.5 Å². The van der Waals surface area contributed by atoms with Crippen LogP contribution in [-0.2, 0) is 4.79 Å². The Morgan fingerprint density at radius 3 is 2.34 bits per heavy atom. The minimum Gasteiger partial charge on any atom is -0.481 e. The minimum absolute atomic E-state index is 0.114. The molecule has 3 aromatic rings. The summed E-state index contributed by atoms with van der Waals surface area (Å²) in [7, 11) is 0. The highest BCUT2D eigenvalue weighted by Crippen LogP contribution is 2.36. The van der Waals surface area contributed by atoms with Crippen LogP contribution in [0, 0.1) is 5.82 Å². The first-order chi connectivity index (χ1) is 15.3. The molecule has 0 aliphatic heterocycles. The Morgan fingerprint density at radius 1 is 1.00 bits per heavy atom. The summed E-state index contributed by atoms with van der Waals surface area (Å²) in [5.74, 6) is -0.836. The second-order valence-electron chi connectivity index (χ2n) is 6.25. The molecule has 0 saturated carbocycles. The van der Waals surface area contributed by atoms with Gasteiger partial charge < -0.3 is 9.47 Å². The van der Waals surface area contributed by atoms with Gasteiger partial charge in [0.05, 0.1) is 20.7 Å². The predicted molar refractivity (Wildman–Crippen MR) is 129 cm³/mol. The third kappa shape index (κ3) is 6.98. The third-order valence-corrected chi connectivity index (χ3v) is 5.50. The van der Waals surface area contributed by atoms with E-state index in [0.717, 1.165) is 10.5 Å². The number of nitrogens with one attached hydrogen (secondary N) is 1. The van der Waals surface area contributed by atoms with E-state index >= 15 is 0 Å². The molecule has 0 aliphatic carbocycles. The molecule has 0 radical (unpaired) electrons. The van der Waals surface area contributed by atoms with Crippen molar-refractivity contribution in [2.75, 3.05) is 6.61 Å². The number of hydrogen-bond donors (Lipinski definition) is 1. The summed E-state index contributed by atoms with van der Waals surface area (Å²) in [6.07, 6.45) is 1.43. The number of nitrogens with zero attached hydrogens (tertiary/aromatic N) is 1. The summed E-state index contributed by atoms with van der Waals surface area (Å²) in [5.41, 5.74) is 3.15. The molecule has 10 heteroatoms. The van der Waals surface area contributed by atoms with Gasteiger partial charge in [0.1, 0.15) is 17.3 Å². The van der Waals surface area contributed by atoms with Crippen molar-refractivity contribution in [3.63, 3.8) is 0 Å². The minimum atomic E-state index is -0.665. The Bertz CT molecular complexity index is 1150. The Balaban J connectivity index is 1.49. The van der Waals surface area contributed by atoms with E-state index in [1.54, 1.807) is 36.4 Å². The molecule has 0 bridgehead atoms. The van der Waals surface area contributed by atoms with Crippen LogP contribution in [0.2, 0.25) is 0 Å². The second kappa shape index (κ2) is 11.3. The second-order valence-corrected chi connectivity index (χ2v) is 8.87. The zero-order valence-corrected chi connectivity index (χ0v) is 20.9. The van der Waals surface area contributed by atoms with Crippen molar-refractivity contribution in [1.82, 2.24) is 5.43 Å². The zero-order valence-electron chi connectivity index (χ0n) is 16.2. The molecule has 0 aliphatic rings. The molecule has 0 heterocycles. The van der Waals surface area contributed by atoms with Gasteiger partial charge in [0, 0.05) is 4.47 Å². The molecular weight excluding hydrogens is 615 g/mol. The van der Waals surface area contributed by atoms with Crippen LogP contribution in [-0.4, -0.2) is 24.7 Å². The third-order valence-electron chi connectivity index (χ3n) is 3.86. The summed E-state index contributed by atoms with van der Waals surface area (Å²) >= 11 is 10.1. The predicted octanol–water partition coefficient (Wildman–Crippen LogP) is 5.86. The van der Waals surface area contributed by atoms with Gasteiger partial charge in [-0.3, -0.25) is 4.79 Å². The van der Waals surface area contributed by atoms with E-state index in [0.29, 0.717) is 26.0 Å². The summed E-state index contributed by atoms with van der Waals surface area (Å²) < 4.78 is 26.2. The van der Waals surface area contributed by atoms with E-state index in [9.17, 15) is 14.0 Å². The van der Waals surface area contributed by atoms with E-state index in [1.165, 1.54) is 24.4 Å². The van der Waals surface area contributed by atoms with Crippen LogP contribution in [0.25, 0.3) is 0 Å². The molecule has 0 fully saturated rings. The van der Waals surface area contributed by atoms with Gasteiger partial charge in [-0.15, -0.1) is 0 Å². The fraction of sp³-hybridized carbons (Fsp3) is 0.0455. The van der Waals surface area contributed by atoms with Gasteiger partial charge in [-0.1, -0.05) is 22.0 Å². The number of esters is 1. The molecule has 3 aromatic carbocycles. The van der Waals surface area contributed by atoms with E-state index < -0.39 is 17.7 Å². The number of carbonyl (C=O) groups is 2. The molecule has 1 N–H and O–H groups in total. The number of hydrogen-bond acceptors (Lipinski definition) is 5. The Kier molecular flexibility index (Phi) is 8.54. The normalized spacial score (nSPS) is 10.8. The number of benzene rings is 3. The highest BCUT2D eigenvalue weighted by molar-refractivity contribution is 9.11. The van der Waals surface area contributed by atoms with E-state index in [1.807, 2.05) is 0 Å². The molecule has 0 aromatic heterocycles. The summed E-state index contributed by atoms with van der Waals surface area (Å²) in [6, 6.07) is 15.3. The van der Waals surface area contributed by atoms with E-state index in [4.69, 9.17) is 9.47 Å². The fourth-order valence-corrected chi connectivity index (χ4v) is 4.91. The average Bonchev–Trinajstić information content (AvgIpc) is 2.74. The molecule has 0 atom stereocenters. The SMILES string of the molecule is O=C(COc1c(Br)cc(Br)cc1Br)NN=Cc1ccc(OC(=O)c2cccc(F)c2)cc1. The number of amides is 1. The lowest BCUT2D eigenvalue weighted by Crippen LogP contribution is -2.24. The number of carbonyl (C=O) groups excluding carboxylic acids is 2. The lowest BCUT2D eigenvalue weighted by molar-refractivity contribution is -0.123. The first-order valence-corrected chi connectivity index (χ1v) is 11.4. The number of ether oxygens (including phenoxy) is 2. The van der Waals surface area contributed by atoms with Crippen LogP contribution in [0.1, 0.15) is 15.9 Å². The Hall–Kier alpha value is -2.56. The van der Waals surface area contributed by atoms with Gasteiger partial charge in [-0.05, 0) is 92.0 Å². The molecule has 3 rings (SSSR count). The van der Waals surface area contributed by atoms with Crippen LogP contribution in [0.15, 0.2) is 79.2 Å². The molecule has 1 amide bonds. The zero-order chi connectivity index (χ0) is 23.1. The highest BCUT2D eigenvalue weighted by atomic mass is 79.9. The molecule has 32 heavy (non-hydrogen) atoms. The van der Waals surface area contributed by atoms with Crippen LogP contribution in [0.4, 0.5) is 4.39 Å². The van der Waals surface area contributed by atoms with Crippen LogP contribution < -0.4 is 14.9 Å². The van der Waals surface area contributed by atoms with Crippen LogP contribution >= 0.6 is 47.8 Å². The average molecular weight is 629 g/mol. The molecule has 0 unspecified atom stereocenters. The van der Waals surface area contributed by atoms with Crippen LogP contribution in [0.5, 0.6) is 11.5 Å². The molecule has 0 spiro atoms. The van der Waals surface area contributed by atoms with Gasteiger partial charge in [-0.2, -0.15) is 5.10 Å². The number of halogens is 4. The van der Waals surface area contributed by atoms with Gasteiger partial charge in [-0.25, -0.2) is 14.6 Å². The van der Waals surface area contributed by atoms with Crippen molar-refractivity contribution >= 4 is 65.9 Å². The first kappa shape index (κ1) is 24.1. The molecule has 6 nitrogen and oxygen atoms in total. The quantitative estimate of drug-likeness (QED) is 0.154. The lowest BCUT2D eigenvalue weighted by Gasteiger charge is -2.09. The monoisotopic (exact) mass is 626 g/mol. The largest absolute Gasteiger partial charge is 0.481 e. The standard InChI is InChI=1S/C22H14Br3FN2O4/c23-15-9-18(24)21(19(25)10-15)31-12-20(29)28-27-11-13-4-6-17(7-5-13)32-22(30)14-2-1-3-16(26)8-14/h1-11H,12H2,(H,28,29). The Morgan fingerprint density at radius 2 is 1.69 bits per heavy atom. The fourth-order valence-electron chi connectivity index (χ4n) is 2.42. The smallest absolute Gasteiger partial charge is 0.343 e. The van der Waals surface area contributed by atoms with Gasteiger partial charge >= 0.3 is 5.97 Å². The van der Waals surface area contributed by atoms with Crippen molar-refractivity contribution in [2.24, 2.45) is 5.10 Å². The molecule has 0 saturated heterocycles. The first-order valence-electron chi connectivity index (χ1n) is 8.99. The summed E-state index contributed by atoms with van der Waals surface area (Å²) in [6.45, 7) is -0.231. The van der Waals surface area contributed by atoms with Crippen molar-refractivity contribution in [2.45, 2.75) is 0 Å². The summed E-state index contributed by atoms with van der Waals surface area (Å²) in [4.78, 5) is 24.0. The van der Waals surface area contributed by atoms with E-state index in [2.05, 4.69) is 58.3 Å². The van der Waals surface area contributed by atoms with Crippen molar-refractivity contribution in [3.05, 3.63) is 91.0 Å². The van der Waals surface area contributed by atoms with Crippen LogP contribution in [0.3, 0.4) is 0 Å². The maximum atomic E-state index is 13.2. The van der Waals surface area contributed by atoms with E-state index in [-0.39, 0.29) is 12.2 Å². The maximum Gasteiger partial charge on any atom is 0.343 e. The van der Waals surface area contributed by atoms with Gasteiger partial charge in [0.25, 0.3) is 5.91 Å². The number of rotatable bonds is 7. The van der Waals surface area contributed by atoms with Crippen molar-refractivity contribution < 1.29 is 23.5 Å². The summed E-state index contributed by atoms with van der Waals surface area (Å²) in [5, 5.41) is 3.88. The molecule has 164 valence electrons. The Labute approximate surface area is 208 Å². The topological polar surface area (TPSA) is 77.0 Å². The molecular formula is C22H14Br3FN2O4. The van der Waals surface area contributed by atoms with Gasteiger partial charge in [0.15, 0.2) is 6.61 Å². The lowest BCUT2D eigenvalue weighted by atomic mass is 10.2. The highest BCUT2D eigenvalue weighted by Gasteiger charge is 2.11. The number of hydrazone groups is 1. The van der Waals surface area contributed by atoms with Gasteiger partial charge in [0.2, 0.25) is 0 Å². The maximum absolute atomic E-state index is 13.2. The van der Waals surface area contributed by atoms with Crippen molar-refractivity contribution in [1.29, 1.82) is 0 Å².